The predicted molar refractivity (Wildman–Crippen MR) is 227 cm³/mol. The number of piperidine rings is 6. The van der Waals surface area contributed by atoms with E-state index in [1.54, 1.807) is 14.2 Å². The van der Waals surface area contributed by atoms with Gasteiger partial charge in [-0.05, 0) is 123 Å². The molecule has 300 valence electrons. The minimum Gasteiger partial charge on any atom is -0.497 e. The molecule has 0 aliphatic carbocycles. The van der Waals surface area contributed by atoms with Gasteiger partial charge in [0.1, 0.15) is 23.7 Å². The van der Waals surface area contributed by atoms with Crippen molar-refractivity contribution in [1.29, 1.82) is 0 Å². The Morgan fingerprint density at radius 1 is 0.603 bits per heavy atom. The maximum atomic E-state index is 7.30. The summed E-state index contributed by atoms with van der Waals surface area (Å²) in [6.07, 6.45) is 10.2. The van der Waals surface area contributed by atoms with Gasteiger partial charge in [-0.15, -0.1) is 10.2 Å². The lowest BCUT2D eigenvalue weighted by molar-refractivity contribution is -0.0505. The molecule has 4 unspecified atom stereocenters. The number of methoxy groups -OCH3 is 2. The lowest BCUT2D eigenvalue weighted by atomic mass is 9.72. The highest BCUT2D eigenvalue weighted by Crippen LogP contribution is 2.47. The Kier molecular flexibility index (Phi) is 10.0. The van der Waals surface area contributed by atoms with Crippen molar-refractivity contribution in [3.63, 3.8) is 0 Å². The zero-order valence-electron chi connectivity index (χ0n) is 34.1. The minimum atomic E-state index is -0.300. The molecule has 6 aromatic rings. The molecular weight excluding hydrogens is 725 g/mol. The van der Waals surface area contributed by atoms with Crippen molar-refractivity contribution in [3.05, 3.63) is 96.3 Å². The van der Waals surface area contributed by atoms with Crippen molar-refractivity contribution in [2.75, 3.05) is 40.4 Å². The maximum absolute atomic E-state index is 7.30. The monoisotopic (exact) mass is 778 g/mol. The molecule has 0 amide bonds. The van der Waals surface area contributed by atoms with Crippen LogP contribution in [0.15, 0.2) is 85.2 Å². The normalized spacial score (nSPS) is 27.4. The Bertz CT molecular complexity index is 2280. The van der Waals surface area contributed by atoms with Crippen LogP contribution >= 0.6 is 0 Å². The number of nitrogens with zero attached hydrogens (tertiary/aromatic N) is 6. The van der Waals surface area contributed by atoms with Gasteiger partial charge >= 0.3 is 0 Å². The number of benzene rings is 3. The molecule has 3 aromatic heterocycles. The smallest absolute Gasteiger partial charge is 0.242 e. The molecule has 3 aromatic carbocycles. The lowest BCUT2D eigenvalue weighted by Crippen LogP contribution is -2.56. The second-order valence-electron chi connectivity index (χ2n) is 17.0. The summed E-state index contributed by atoms with van der Waals surface area (Å²) in [5.41, 5.74) is 4.01. The number of ether oxygens (including phenoxy) is 4. The second-order valence-corrected chi connectivity index (χ2v) is 17.0. The molecule has 58 heavy (non-hydrogen) atoms. The fourth-order valence-electron chi connectivity index (χ4n) is 11.1. The van der Waals surface area contributed by atoms with E-state index >= 15 is 0 Å². The molecule has 12 rings (SSSR count). The highest BCUT2D eigenvalue weighted by molar-refractivity contribution is 5.91. The van der Waals surface area contributed by atoms with Crippen LogP contribution < -0.4 is 18.9 Å². The Morgan fingerprint density at radius 2 is 1.07 bits per heavy atom. The van der Waals surface area contributed by atoms with Crippen molar-refractivity contribution in [2.45, 2.75) is 76.7 Å². The van der Waals surface area contributed by atoms with E-state index in [-0.39, 0.29) is 24.3 Å². The third kappa shape index (κ3) is 6.58. The van der Waals surface area contributed by atoms with Crippen LogP contribution in [-0.2, 0) is 0 Å². The first-order valence-corrected chi connectivity index (χ1v) is 21.5. The average molecular weight is 779 g/mol. The summed E-state index contributed by atoms with van der Waals surface area (Å²) in [6, 6.07) is 25.1. The zero-order chi connectivity index (χ0) is 39.3. The molecule has 10 atom stereocenters. The quantitative estimate of drug-likeness (QED) is 0.120. The van der Waals surface area contributed by atoms with Gasteiger partial charge in [0.15, 0.2) is 0 Å². The van der Waals surface area contributed by atoms with Gasteiger partial charge in [-0.1, -0.05) is 38.8 Å². The topological polar surface area (TPSA) is 95.0 Å². The van der Waals surface area contributed by atoms with Crippen LogP contribution in [0.4, 0.5) is 0 Å². The second kappa shape index (κ2) is 15.6. The molecule has 6 aliphatic rings. The Hall–Kier alpha value is -5.06. The molecular formula is C48H54N6O4. The van der Waals surface area contributed by atoms with E-state index in [9.17, 15) is 0 Å². The van der Waals surface area contributed by atoms with Gasteiger partial charge in [-0.3, -0.25) is 19.8 Å². The van der Waals surface area contributed by atoms with Crippen molar-refractivity contribution in [3.8, 4) is 23.3 Å². The molecule has 6 aliphatic heterocycles. The molecule has 9 heterocycles. The standard InChI is InChI=1S/C48H54N6O4/c1-5-29-27-53-21-17-31(29)23-43(53)45(35-15-19-49-41-13-11-33(55-3)25-39(35)41)57-47-37-9-7-8-10-38(37)48(52-51-47)58-46(44-24-32-18-22-54(44)28-30(32)6-2)36-16-20-50-42-14-12-34(56-4)26-40(36)42/h7-16,19-20,25-26,29-32,43-46H,5-6,17-18,21-24,27-28H2,1-4H3/t29-,30+,31?,32?,43-,44-,45?,46?/m1/s1. The van der Waals surface area contributed by atoms with Crippen molar-refractivity contribution >= 4 is 32.6 Å². The number of pyridine rings is 2. The van der Waals surface area contributed by atoms with E-state index in [1.807, 2.05) is 36.7 Å². The zero-order valence-corrected chi connectivity index (χ0v) is 34.1. The summed E-state index contributed by atoms with van der Waals surface area (Å²) in [7, 11) is 3.42. The third-order valence-electron chi connectivity index (χ3n) is 14.3. The highest BCUT2D eigenvalue weighted by Gasteiger charge is 2.46. The predicted octanol–water partition coefficient (Wildman–Crippen LogP) is 9.22. The maximum Gasteiger partial charge on any atom is 0.242 e. The fourth-order valence-corrected chi connectivity index (χ4v) is 11.1. The summed E-state index contributed by atoms with van der Waals surface area (Å²) in [5.74, 6) is 5.39. The first-order valence-electron chi connectivity index (χ1n) is 21.5. The number of aromatic nitrogens is 4. The van der Waals surface area contributed by atoms with E-state index in [4.69, 9.17) is 39.1 Å². The van der Waals surface area contributed by atoms with Crippen LogP contribution in [0.2, 0.25) is 0 Å². The van der Waals surface area contributed by atoms with Crippen LogP contribution in [0.5, 0.6) is 23.3 Å². The van der Waals surface area contributed by atoms with Crippen LogP contribution in [-0.4, -0.2) is 82.4 Å². The molecule has 0 saturated carbocycles. The van der Waals surface area contributed by atoms with Gasteiger partial charge in [0.05, 0.1) is 48.1 Å². The van der Waals surface area contributed by atoms with E-state index in [2.05, 4.69) is 72.2 Å². The SMILES string of the molecule is CC[C@@H]1C[N@@]2CCC1C[C@@H]2C(Oc1nnc(OC(c2ccnc3ccc(OC)cc23)[C@H]2CC3CC[N@]2C[C@@H]3CC)c2ccccc12)c1ccnc2ccc(OC)cc12. The van der Waals surface area contributed by atoms with Crippen LogP contribution in [0, 0.1) is 23.7 Å². The highest BCUT2D eigenvalue weighted by atomic mass is 16.5. The minimum absolute atomic E-state index is 0.180. The molecule has 10 nitrogen and oxygen atoms in total. The first kappa shape index (κ1) is 37.2. The molecule has 10 heteroatoms. The van der Waals surface area contributed by atoms with Crippen LogP contribution in [0.1, 0.15) is 75.7 Å². The van der Waals surface area contributed by atoms with E-state index in [0.717, 1.165) is 94.2 Å². The van der Waals surface area contributed by atoms with Gasteiger partial charge in [0.25, 0.3) is 0 Å². The summed E-state index contributed by atoms with van der Waals surface area (Å²) in [6.45, 7) is 9.00. The number of hydrogen-bond donors (Lipinski definition) is 0. The van der Waals surface area contributed by atoms with E-state index in [0.29, 0.717) is 35.4 Å². The molecule has 4 bridgehead atoms. The first-order chi connectivity index (χ1) is 28.5. The van der Waals surface area contributed by atoms with Crippen LogP contribution in [0.3, 0.4) is 0 Å². The Balaban J connectivity index is 1.06. The fraction of sp³-hybridized carbons (Fsp3) is 0.458. The van der Waals surface area contributed by atoms with Gasteiger partial charge in [0, 0.05) is 47.4 Å². The van der Waals surface area contributed by atoms with Gasteiger partial charge in [-0.25, -0.2) is 0 Å². The molecule has 6 fully saturated rings. The summed E-state index contributed by atoms with van der Waals surface area (Å²) >= 11 is 0. The van der Waals surface area contributed by atoms with Crippen molar-refractivity contribution in [2.24, 2.45) is 23.7 Å². The summed E-state index contributed by atoms with van der Waals surface area (Å²) in [4.78, 5) is 14.8. The van der Waals surface area contributed by atoms with E-state index < -0.39 is 0 Å². The Morgan fingerprint density at radius 3 is 1.47 bits per heavy atom. The largest absolute Gasteiger partial charge is 0.497 e. The number of rotatable bonds is 12. The van der Waals surface area contributed by atoms with Crippen molar-refractivity contribution < 1.29 is 18.9 Å². The summed E-state index contributed by atoms with van der Waals surface area (Å²) in [5, 5.41) is 13.7. The lowest BCUT2D eigenvalue weighted by Gasteiger charge is -2.52. The third-order valence-corrected chi connectivity index (χ3v) is 14.3. The molecule has 0 radical (unpaired) electrons. The number of hydrogen-bond acceptors (Lipinski definition) is 10. The average Bonchev–Trinajstić information content (AvgIpc) is 3.29. The Labute approximate surface area is 340 Å². The van der Waals surface area contributed by atoms with Gasteiger partial charge in [0.2, 0.25) is 11.8 Å². The van der Waals surface area contributed by atoms with Gasteiger partial charge in [-0.2, -0.15) is 0 Å². The molecule has 0 N–H and O–H groups in total. The van der Waals surface area contributed by atoms with E-state index in [1.165, 1.54) is 25.7 Å². The molecule has 6 saturated heterocycles. The van der Waals surface area contributed by atoms with Crippen LogP contribution in [0.25, 0.3) is 32.6 Å². The van der Waals surface area contributed by atoms with Crippen molar-refractivity contribution in [1.82, 2.24) is 30.0 Å². The number of fused-ring (bicyclic) bond motifs is 9. The van der Waals surface area contributed by atoms with Gasteiger partial charge < -0.3 is 18.9 Å². The molecule has 0 spiro atoms. The summed E-state index contributed by atoms with van der Waals surface area (Å²) < 4.78 is 26.0.